The summed E-state index contributed by atoms with van der Waals surface area (Å²) in [5, 5.41) is 6.78. The molecule has 18 heavy (non-hydrogen) atoms. The van der Waals surface area contributed by atoms with Crippen LogP contribution < -0.4 is 16.4 Å². The van der Waals surface area contributed by atoms with Crippen LogP contribution in [0.1, 0.15) is 35.2 Å². The van der Waals surface area contributed by atoms with Crippen molar-refractivity contribution in [1.29, 1.82) is 0 Å². The van der Waals surface area contributed by atoms with Crippen LogP contribution in [0.2, 0.25) is 0 Å². The summed E-state index contributed by atoms with van der Waals surface area (Å²) < 4.78 is 0. The van der Waals surface area contributed by atoms with Crippen molar-refractivity contribution < 1.29 is 4.79 Å². The standard InChI is InChI=1S/C14H21N3O/c1-10-4-5-12(14(15)18)13(9-10)17-8-6-11-3-2-7-16-11/h4-5,9,11,16-17H,2-3,6-8H2,1H3,(H2,15,18). The third-order valence-corrected chi connectivity index (χ3v) is 3.41. The molecule has 1 heterocycles. The molecule has 0 aromatic heterocycles. The predicted octanol–water partition coefficient (Wildman–Crippen LogP) is 1.65. The van der Waals surface area contributed by atoms with Crippen molar-refractivity contribution in [2.24, 2.45) is 5.73 Å². The van der Waals surface area contributed by atoms with Gasteiger partial charge in [-0.3, -0.25) is 4.79 Å². The Kier molecular flexibility index (Phi) is 4.20. The number of primary amides is 1. The van der Waals surface area contributed by atoms with Gasteiger partial charge in [0, 0.05) is 18.3 Å². The van der Waals surface area contributed by atoms with Crippen molar-refractivity contribution in [1.82, 2.24) is 5.32 Å². The summed E-state index contributed by atoms with van der Waals surface area (Å²) in [5.74, 6) is -0.378. The van der Waals surface area contributed by atoms with Crippen molar-refractivity contribution >= 4 is 11.6 Å². The van der Waals surface area contributed by atoms with E-state index >= 15 is 0 Å². The molecule has 0 saturated carbocycles. The Labute approximate surface area is 108 Å². The van der Waals surface area contributed by atoms with E-state index in [1.54, 1.807) is 6.07 Å². The minimum absolute atomic E-state index is 0.378. The molecule has 1 atom stereocenters. The SMILES string of the molecule is Cc1ccc(C(N)=O)c(NCCC2CCCN2)c1. The first-order valence-electron chi connectivity index (χ1n) is 6.54. The van der Waals surface area contributed by atoms with Crippen LogP contribution in [0.3, 0.4) is 0 Å². The number of nitrogens with two attached hydrogens (primary N) is 1. The molecule has 1 amide bonds. The monoisotopic (exact) mass is 247 g/mol. The van der Waals surface area contributed by atoms with Crippen LogP contribution >= 0.6 is 0 Å². The third kappa shape index (κ3) is 3.23. The molecule has 0 bridgehead atoms. The number of hydrogen-bond acceptors (Lipinski definition) is 3. The summed E-state index contributed by atoms with van der Waals surface area (Å²) in [5.41, 5.74) is 7.91. The van der Waals surface area contributed by atoms with E-state index in [-0.39, 0.29) is 5.91 Å². The summed E-state index contributed by atoms with van der Waals surface area (Å²) in [7, 11) is 0. The Balaban J connectivity index is 1.94. The molecule has 1 aliphatic rings. The van der Waals surface area contributed by atoms with Gasteiger partial charge < -0.3 is 16.4 Å². The number of amides is 1. The zero-order chi connectivity index (χ0) is 13.0. The highest BCUT2D eigenvalue weighted by molar-refractivity contribution is 5.98. The summed E-state index contributed by atoms with van der Waals surface area (Å²) in [6.07, 6.45) is 3.59. The lowest BCUT2D eigenvalue weighted by Gasteiger charge is -2.14. The van der Waals surface area contributed by atoms with Crippen LogP contribution in [0.5, 0.6) is 0 Å². The summed E-state index contributed by atoms with van der Waals surface area (Å²) in [6, 6.07) is 6.28. The first-order valence-corrected chi connectivity index (χ1v) is 6.54. The average Bonchev–Trinajstić information content (AvgIpc) is 2.82. The molecule has 98 valence electrons. The largest absolute Gasteiger partial charge is 0.384 e. The molecule has 1 aromatic carbocycles. The molecule has 4 nitrogen and oxygen atoms in total. The molecule has 1 fully saturated rings. The van der Waals surface area contributed by atoms with E-state index in [1.807, 2.05) is 19.1 Å². The van der Waals surface area contributed by atoms with E-state index < -0.39 is 0 Å². The molecule has 4 heteroatoms. The first kappa shape index (κ1) is 12.9. The molecule has 0 spiro atoms. The van der Waals surface area contributed by atoms with Crippen molar-refractivity contribution in [3.63, 3.8) is 0 Å². The fourth-order valence-electron chi connectivity index (χ4n) is 2.40. The van der Waals surface area contributed by atoms with Crippen molar-refractivity contribution in [2.45, 2.75) is 32.2 Å². The molecular weight excluding hydrogens is 226 g/mol. The highest BCUT2D eigenvalue weighted by Gasteiger charge is 2.14. The number of carbonyl (C=O) groups is 1. The zero-order valence-corrected chi connectivity index (χ0v) is 10.8. The maximum absolute atomic E-state index is 11.3. The van der Waals surface area contributed by atoms with Gasteiger partial charge in [-0.05, 0) is 50.4 Å². The Morgan fingerprint density at radius 2 is 2.39 bits per heavy atom. The number of benzene rings is 1. The van der Waals surface area contributed by atoms with E-state index in [0.29, 0.717) is 11.6 Å². The lowest BCUT2D eigenvalue weighted by Crippen LogP contribution is -2.24. The molecule has 4 N–H and O–H groups in total. The molecule has 1 unspecified atom stereocenters. The van der Waals surface area contributed by atoms with Crippen LogP contribution in [0.15, 0.2) is 18.2 Å². The number of hydrogen-bond donors (Lipinski definition) is 3. The van der Waals surface area contributed by atoms with Crippen molar-refractivity contribution in [3.8, 4) is 0 Å². The number of carbonyl (C=O) groups excluding carboxylic acids is 1. The second kappa shape index (κ2) is 5.87. The normalized spacial score (nSPS) is 18.8. The van der Waals surface area contributed by atoms with E-state index in [2.05, 4.69) is 10.6 Å². The van der Waals surface area contributed by atoms with E-state index in [4.69, 9.17) is 5.73 Å². The van der Waals surface area contributed by atoms with Gasteiger partial charge >= 0.3 is 0 Å². The Morgan fingerprint density at radius 1 is 1.56 bits per heavy atom. The van der Waals surface area contributed by atoms with Crippen molar-refractivity contribution in [2.75, 3.05) is 18.4 Å². The fraction of sp³-hybridized carbons (Fsp3) is 0.500. The summed E-state index contributed by atoms with van der Waals surface area (Å²) in [4.78, 5) is 11.3. The van der Waals surface area contributed by atoms with E-state index in [1.165, 1.54) is 12.8 Å². The van der Waals surface area contributed by atoms with Gasteiger partial charge in [0.15, 0.2) is 0 Å². The van der Waals surface area contributed by atoms with Gasteiger partial charge in [0.2, 0.25) is 0 Å². The lowest BCUT2D eigenvalue weighted by molar-refractivity contribution is 0.100. The minimum Gasteiger partial charge on any atom is -0.384 e. The first-order chi connectivity index (χ1) is 8.66. The van der Waals surface area contributed by atoms with E-state index in [0.717, 1.165) is 30.8 Å². The molecular formula is C14H21N3O. The van der Waals surface area contributed by atoms with Gasteiger partial charge in [0.25, 0.3) is 5.91 Å². The minimum atomic E-state index is -0.378. The quantitative estimate of drug-likeness (QED) is 0.741. The number of anilines is 1. The van der Waals surface area contributed by atoms with Crippen LogP contribution in [-0.2, 0) is 0 Å². The third-order valence-electron chi connectivity index (χ3n) is 3.41. The number of nitrogens with one attached hydrogen (secondary N) is 2. The fourth-order valence-corrected chi connectivity index (χ4v) is 2.40. The predicted molar refractivity (Wildman–Crippen MR) is 73.8 cm³/mol. The summed E-state index contributed by atoms with van der Waals surface area (Å²) >= 11 is 0. The van der Waals surface area contributed by atoms with Crippen LogP contribution in [0.4, 0.5) is 5.69 Å². The van der Waals surface area contributed by atoms with Gasteiger partial charge in [0.1, 0.15) is 0 Å². The second-order valence-electron chi connectivity index (χ2n) is 4.92. The number of rotatable bonds is 5. The molecule has 0 aliphatic carbocycles. The molecule has 0 radical (unpaired) electrons. The topological polar surface area (TPSA) is 67.2 Å². The van der Waals surface area contributed by atoms with Crippen LogP contribution in [-0.4, -0.2) is 25.0 Å². The molecule has 1 aliphatic heterocycles. The number of aryl methyl sites for hydroxylation is 1. The lowest BCUT2D eigenvalue weighted by atomic mass is 10.1. The zero-order valence-electron chi connectivity index (χ0n) is 10.8. The van der Waals surface area contributed by atoms with Gasteiger partial charge in [-0.15, -0.1) is 0 Å². The van der Waals surface area contributed by atoms with Gasteiger partial charge in [-0.25, -0.2) is 0 Å². The molecule has 2 rings (SSSR count). The van der Waals surface area contributed by atoms with Gasteiger partial charge in [-0.2, -0.15) is 0 Å². The van der Waals surface area contributed by atoms with Gasteiger partial charge in [-0.1, -0.05) is 6.07 Å². The van der Waals surface area contributed by atoms with Crippen molar-refractivity contribution in [3.05, 3.63) is 29.3 Å². The highest BCUT2D eigenvalue weighted by Crippen LogP contribution is 2.17. The van der Waals surface area contributed by atoms with Gasteiger partial charge in [0.05, 0.1) is 5.56 Å². The Hall–Kier alpha value is -1.55. The maximum atomic E-state index is 11.3. The Morgan fingerprint density at radius 3 is 3.06 bits per heavy atom. The smallest absolute Gasteiger partial charge is 0.250 e. The van der Waals surface area contributed by atoms with Crippen LogP contribution in [0, 0.1) is 6.92 Å². The van der Waals surface area contributed by atoms with E-state index in [9.17, 15) is 4.79 Å². The summed E-state index contributed by atoms with van der Waals surface area (Å²) in [6.45, 7) is 4.00. The maximum Gasteiger partial charge on any atom is 0.250 e. The average molecular weight is 247 g/mol. The molecule has 1 aromatic rings. The molecule has 1 saturated heterocycles. The highest BCUT2D eigenvalue weighted by atomic mass is 16.1. The Bertz CT molecular complexity index is 425. The second-order valence-corrected chi connectivity index (χ2v) is 4.92. The van der Waals surface area contributed by atoms with Crippen LogP contribution in [0.25, 0.3) is 0 Å².